The SMILES string of the molecule is CCCCC([O])OC(C)CC. The number of unbranched alkanes of at least 4 members (excludes halogenated alkanes) is 1. The largest absolute Gasteiger partial charge is 0.347 e. The highest BCUT2D eigenvalue weighted by molar-refractivity contribution is 4.48. The highest BCUT2D eigenvalue weighted by Gasteiger charge is 2.08. The van der Waals surface area contributed by atoms with Gasteiger partial charge in [-0.15, -0.1) is 0 Å². The summed E-state index contributed by atoms with van der Waals surface area (Å²) < 4.78 is 5.15. The Labute approximate surface area is 69.6 Å². The predicted octanol–water partition coefficient (Wildman–Crippen LogP) is 2.75. The van der Waals surface area contributed by atoms with Crippen LogP contribution in [0.15, 0.2) is 0 Å². The van der Waals surface area contributed by atoms with Gasteiger partial charge >= 0.3 is 0 Å². The summed E-state index contributed by atoms with van der Waals surface area (Å²) in [6.07, 6.45) is 2.94. The second kappa shape index (κ2) is 6.62. The van der Waals surface area contributed by atoms with Crippen LogP contribution < -0.4 is 0 Å². The van der Waals surface area contributed by atoms with Crippen molar-refractivity contribution >= 4 is 0 Å². The molecule has 67 valence electrons. The lowest BCUT2D eigenvalue weighted by atomic mass is 10.2. The summed E-state index contributed by atoms with van der Waals surface area (Å²) in [5.41, 5.74) is 0. The van der Waals surface area contributed by atoms with Gasteiger partial charge in [-0.05, 0) is 19.8 Å². The van der Waals surface area contributed by atoms with Crippen molar-refractivity contribution in [3.8, 4) is 0 Å². The van der Waals surface area contributed by atoms with Gasteiger partial charge in [0.1, 0.15) is 0 Å². The fraction of sp³-hybridized carbons (Fsp3) is 1.00. The van der Waals surface area contributed by atoms with Crippen LogP contribution in [0.2, 0.25) is 0 Å². The Morgan fingerprint density at radius 3 is 2.45 bits per heavy atom. The van der Waals surface area contributed by atoms with Crippen LogP contribution in [0.5, 0.6) is 0 Å². The molecule has 0 heterocycles. The first-order valence-corrected chi connectivity index (χ1v) is 4.52. The molecule has 2 nitrogen and oxygen atoms in total. The molecule has 2 unspecified atom stereocenters. The number of rotatable bonds is 6. The fourth-order valence-electron chi connectivity index (χ4n) is 0.794. The van der Waals surface area contributed by atoms with E-state index >= 15 is 0 Å². The molecule has 0 rings (SSSR count). The van der Waals surface area contributed by atoms with E-state index in [1.807, 2.05) is 13.8 Å². The van der Waals surface area contributed by atoms with E-state index in [9.17, 15) is 5.11 Å². The fourth-order valence-corrected chi connectivity index (χ4v) is 0.794. The molecule has 0 aromatic heterocycles. The molecule has 0 spiro atoms. The van der Waals surface area contributed by atoms with Gasteiger partial charge in [-0.1, -0.05) is 20.3 Å². The smallest absolute Gasteiger partial charge is 0.191 e. The van der Waals surface area contributed by atoms with E-state index in [1.54, 1.807) is 0 Å². The first kappa shape index (κ1) is 10.9. The molecule has 0 N–H and O–H groups in total. The first-order chi connectivity index (χ1) is 5.20. The second-order valence-corrected chi connectivity index (χ2v) is 2.93. The van der Waals surface area contributed by atoms with Crippen LogP contribution in [-0.4, -0.2) is 12.4 Å². The quantitative estimate of drug-likeness (QED) is 0.548. The number of hydrogen-bond acceptors (Lipinski definition) is 1. The molecule has 0 bridgehead atoms. The van der Waals surface area contributed by atoms with Crippen LogP contribution in [0.4, 0.5) is 0 Å². The van der Waals surface area contributed by atoms with Crippen molar-refractivity contribution in [1.29, 1.82) is 0 Å². The molecule has 2 atom stereocenters. The average molecular weight is 159 g/mol. The maximum Gasteiger partial charge on any atom is 0.191 e. The van der Waals surface area contributed by atoms with Gasteiger partial charge < -0.3 is 4.74 Å². The van der Waals surface area contributed by atoms with Gasteiger partial charge in [-0.2, -0.15) is 0 Å². The Hall–Kier alpha value is -0.0800. The lowest BCUT2D eigenvalue weighted by Crippen LogP contribution is -2.17. The zero-order valence-electron chi connectivity index (χ0n) is 7.80. The van der Waals surface area contributed by atoms with Crippen LogP contribution in [0.25, 0.3) is 0 Å². The molecule has 0 aliphatic carbocycles. The lowest BCUT2D eigenvalue weighted by Gasteiger charge is -2.14. The summed E-state index contributed by atoms with van der Waals surface area (Å²) in [6.45, 7) is 6.05. The topological polar surface area (TPSA) is 29.1 Å². The minimum atomic E-state index is -0.801. The molecule has 2 heteroatoms. The van der Waals surface area contributed by atoms with Gasteiger partial charge in [0.05, 0.1) is 6.10 Å². The van der Waals surface area contributed by atoms with Crippen LogP contribution in [0, 0.1) is 0 Å². The summed E-state index contributed by atoms with van der Waals surface area (Å²) in [4.78, 5) is 0. The molecule has 0 aliphatic rings. The lowest BCUT2D eigenvalue weighted by molar-refractivity contribution is -0.169. The maximum atomic E-state index is 11.0. The standard InChI is InChI=1S/C9H19O2/c1-4-6-7-9(10)11-8(3)5-2/h8-9H,4-7H2,1-3H3. The number of ether oxygens (including phenoxy) is 1. The Kier molecular flexibility index (Phi) is 6.57. The molecule has 0 aliphatic heterocycles. The van der Waals surface area contributed by atoms with Gasteiger partial charge in [0, 0.05) is 6.42 Å². The van der Waals surface area contributed by atoms with E-state index < -0.39 is 6.29 Å². The normalized spacial score (nSPS) is 16.4. The molecule has 1 radical (unpaired) electrons. The minimum Gasteiger partial charge on any atom is -0.347 e. The zero-order valence-corrected chi connectivity index (χ0v) is 7.80. The summed E-state index contributed by atoms with van der Waals surface area (Å²) in [6, 6.07) is 0. The van der Waals surface area contributed by atoms with Gasteiger partial charge in [0.25, 0.3) is 0 Å². The Balaban J connectivity index is 3.27. The van der Waals surface area contributed by atoms with Crippen LogP contribution in [0.3, 0.4) is 0 Å². The Bertz CT molecular complexity index is 83.6. The van der Waals surface area contributed by atoms with Crippen molar-refractivity contribution < 1.29 is 9.84 Å². The first-order valence-electron chi connectivity index (χ1n) is 4.52. The van der Waals surface area contributed by atoms with E-state index in [0.717, 1.165) is 19.3 Å². The van der Waals surface area contributed by atoms with Gasteiger partial charge in [0.15, 0.2) is 6.29 Å². The van der Waals surface area contributed by atoms with Crippen molar-refractivity contribution in [2.24, 2.45) is 0 Å². The number of hydrogen-bond donors (Lipinski definition) is 0. The Morgan fingerprint density at radius 2 is 2.00 bits per heavy atom. The molecular formula is C9H19O2. The van der Waals surface area contributed by atoms with Gasteiger partial charge in [-0.25, -0.2) is 5.11 Å². The third-order valence-electron chi connectivity index (χ3n) is 1.75. The van der Waals surface area contributed by atoms with Crippen molar-refractivity contribution in [3.63, 3.8) is 0 Å². The average Bonchev–Trinajstić information content (AvgIpc) is 2.00. The van der Waals surface area contributed by atoms with E-state index in [2.05, 4.69) is 6.92 Å². The molecular weight excluding hydrogens is 140 g/mol. The molecule has 0 amide bonds. The van der Waals surface area contributed by atoms with Crippen molar-refractivity contribution in [2.75, 3.05) is 0 Å². The van der Waals surface area contributed by atoms with Crippen molar-refractivity contribution in [1.82, 2.24) is 0 Å². The predicted molar refractivity (Wildman–Crippen MR) is 44.8 cm³/mol. The molecule has 0 saturated heterocycles. The molecule has 0 fully saturated rings. The monoisotopic (exact) mass is 159 g/mol. The molecule has 0 aromatic carbocycles. The third-order valence-corrected chi connectivity index (χ3v) is 1.75. The highest BCUT2D eigenvalue weighted by Crippen LogP contribution is 2.06. The molecule has 0 aromatic rings. The maximum absolute atomic E-state index is 11.0. The summed E-state index contributed by atoms with van der Waals surface area (Å²) in [7, 11) is 0. The van der Waals surface area contributed by atoms with Gasteiger partial charge in [-0.3, -0.25) is 0 Å². The van der Waals surface area contributed by atoms with E-state index in [0.29, 0.717) is 6.42 Å². The molecule has 0 saturated carbocycles. The summed E-state index contributed by atoms with van der Waals surface area (Å²) in [5.74, 6) is 0. The van der Waals surface area contributed by atoms with Crippen molar-refractivity contribution in [3.05, 3.63) is 0 Å². The van der Waals surface area contributed by atoms with Gasteiger partial charge in [0.2, 0.25) is 0 Å². The van der Waals surface area contributed by atoms with E-state index in [4.69, 9.17) is 4.74 Å². The molecule has 11 heavy (non-hydrogen) atoms. The van der Waals surface area contributed by atoms with Crippen LogP contribution in [-0.2, 0) is 9.84 Å². The van der Waals surface area contributed by atoms with E-state index in [1.165, 1.54) is 0 Å². The highest BCUT2D eigenvalue weighted by atomic mass is 16.6. The van der Waals surface area contributed by atoms with Crippen LogP contribution >= 0.6 is 0 Å². The zero-order chi connectivity index (χ0) is 8.69. The summed E-state index contributed by atoms with van der Waals surface area (Å²) >= 11 is 0. The van der Waals surface area contributed by atoms with Crippen molar-refractivity contribution in [2.45, 2.75) is 58.8 Å². The Morgan fingerprint density at radius 1 is 1.36 bits per heavy atom. The van der Waals surface area contributed by atoms with E-state index in [-0.39, 0.29) is 6.10 Å². The third kappa shape index (κ3) is 6.32. The second-order valence-electron chi connectivity index (χ2n) is 2.93. The summed E-state index contributed by atoms with van der Waals surface area (Å²) in [5, 5.41) is 11.0. The van der Waals surface area contributed by atoms with Crippen LogP contribution in [0.1, 0.15) is 46.5 Å². The minimum absolute atomic E-state index is 0.120.